The fourth-order valence-electron chi connectivity index (χ4n) is 2.22. The van der Waals surface area contributed by atoms with Crippen molar-refractivity contribution >= 4 is 10.0 Å². The minimum atomic E-state index is -3.29. The number of morpholine rings is 1. The number of nitrogens with zero attached hydrogens (tertiary/aromatic N) is 1. The Hall–Kier alpha value is -0.910. The van der Waals surface area contributed by atoms with Gasteiger partial charge in [0.05, 0.1) is 24.5 Å². The van der Waals surface area contributed by atoms with Crippen LogP contribution in [0, 0.1) is 0 Å². The molecule has 100 valence electrons. The van der Waals surface area contributed by atoms with Crippen LogP contribution in [0.3, 0.4) is 0 Å². The standard InChI is InChI=1S/C13H19NO3S/c1-13(2)11-17-9-8-14(13)18(15,16)10-12-6-4-3-5-7-12/h3-7H,8-11H2,1-2H3. The van der Waals surface area contributed by atoms with Crippen molar-refractivity contribution in [1.29, 1.82) is 0 Å². The molecule has 1 aromatic carbocycles. The summed E-state index contributed by atoms with van der Waals surface area (Å²) in [6, 6.07) is 9.27. The summed E-state index contributed by atoms with van der Waals surface area (Å²) < 4.78 is 31.8. The highest BCUT2D eigenvalue weighted by Gasteiger charge is 2.38. The predicted octanol–water partition coefficient (Wildman–Crippen LogP) is 1.63. The Labute approximate surface area is 109 Å². The number of benzene rings is 1. The fraction of sp³-hybridized carbons (Fsp3) is 0.538. The zero-order valence-corrected chi connectivity index (χ0v) is 11.6. The average Bonchev–Trinajstić information content (AvgIpc) is 2.28. The second-order valence-corrected chi connectivity index (χ2v) is 7.07. The monoisotopic (exact) mass is 269 g/mol. The molecular formula is C13H19NO3S. The first-order valence-electron chi connectivity index (χ1n) is 6.04. The molecule has 2 rings (SSSR count). The largest absolute Gasteiger partial charge is 0.378 e. The van der Waals surface area contributed by atoms with E-state index in [1.807, 2.05) is 44.2 Å². The molecule has 0 aromatic heterocycles. The van der Waals surface area contributed by atoms with Crippen LogP contribution in [0.4, 0.5) is 0 Å². The van der Waals surface area contributed by atoms with Crippen molar-refractivity contribution in [2.24, 2.45) is 0 Å². The summed E-state index contributed by atoms with van der Waals surface area (Å²) in [5.74, 6) is 0.0528. The van der Waals surface area contributed by atoms with Gasteiger partial charge in [-0.05, 0) is 19.4 Å². The van der Waals surface area contributed by atoms with E-state index in [1.165, 1.54) is 0 Å². The van der Waals surface area contributed by atoms with Gasteiger partial charge in [0.1, 0.15) is 0 Å². The van der Waals surface area contributed by atoms with Crippen molar-refractivity contribution in [3.63, 3.8) is 0 Å². The first kappa shape index (κ1) is 13.5. The minimum absolute atomic E-state index is 0.0528. The number of rotatable bonds is 3. The average molecular weight is 269 g/mol. The van der Waals surface area contributed by atoms with E-state index in [-0.39, 0.29) is 5.75 Å². The molecule has 0 spiro atoms. The number of hydrogen-bond acceptors (Lipinski definition) is 3. The van der Waals surface area contributed by atoms with Crippen molar-refractivity contribution in [3.8, 4) is 0 Å². The first-order chi connectivity index (χ1) is 8.42. The zero-order valence-electron chi connectivity index (χ0n) is 10.8. The second-order valence-electron chi connectivity index (χ2n) is 5.18. The second kappa shape index (κ2) is 4.99. The fourth-order valence-corrected chi connectivity index (χ4v) is 4.15. The Balaban J connectivity index is 2.20. The van der Waals surface area contributed by atoms with Crippen LogP contribution in [0.5, 0.6) is 0 Å². The van der Waals surface area contributed by atoms with E-state index in [0.29, 0.717) is 19.8 Å². The van der Waals surface area contributed by atoms with Gasteiger partial charge < -0.3 is 4.74 Å². The van der Waals surface area contributed by atoms with Gasteiger partial charge in [-0.15, -0.1) is 0 Å². The summed E-state index contributed by atoms with van der Waals surface area (Å²) in [4.78, 5) is 0. The molecule has 5 heteroatoms. The summed E-state index contributed by atoms with van der Waals surface area (Å²) in [6.45, 7) is 5.14. The van der Waals surface area contributed by atoms with Gasteiger partial charge >= 0.3 is 0 Å². The van der Waals surface area contributed by atoms with Crippen molar-refractivity contribution in [2.75, 3.05) is 19.8 Å². The quantitative estimate of drug-likeness (QED) is 0.838. The molecule has 0 saturated carbocycles. The normalized spacial score (nSPS) is 20.8. The van der Waals surface area contributed by atoms with Crippen molar-refractivity contribution in [3.05, 3.63) is 35.9 Å². The SMILES string of the molecule is CC1(C)COCCN1S(=O)(=O)Cc1ccccc1. The lowest BCUT2D eigenvalue weighted by molar-refractivity contribution is -0.00777. The topological polar surface area (TPSA) is 46.6 Å². The van der Waals surface area contributed by atoms with E-state index in [1.54, 1.807) is 4.31 Å². The Kier molecular flexibility index (Phi) is 3.75. The lowest BCUT2D eigenvalue weighted by atomic mass is 10.1. The van der Waals surface area contributed by atoms with Crippen LogP contribution in [0.1, 0.15) is 19.4 Å². The summed E-state index contributed by atoms with van der Waals surface area (Å²) >= 11 is 0. The Morgan fingerprint density at radius 1 is 1.28 bits per heavy atom. The van der Waals surface area contributed by atoms with Gasteiger partial charge in [-0.2, -0.15) is 4.31 Å². The molecule has 1 aliphatic heterocycles. The third-order valence-corrected chi connectivity index (χ3v) is 5.14. The molecule has 1 aliphatic rings. The van der Waals surface area contributed by atoms with Crippen LogP contribution in [0.25, 0.3) is 0 Å². The number of hydrogen-bond donors (Lipinski definition) is 0. The third kappa shape index (κ3) is 2.91. The van der Waals surface area contributed by atoms with Gasteiger partial charge in [0, 0.05) is 6.54 Å². The van der Waals surface area contributed by atoms with E-state index in [0.717, 1.165) is 5.56 Å². The highest BCUT2D eigenvalue weighted by atomic mass is 32.2. The van der Waals surface area contributed by atoms with Crippen molar-refractivity contribution in [1.82, 2.24) is 4.31 Å². The molecule has 0 unspecified atom stereocenters. The summed E-state index contributed by atoms with van der Waals surface area (Å²) in [7, 11) is -3.29. The maximum absolute atomic E-state index is 12.4. The van der Waals surface area contributed by atoms with E-state index >= 15 is 0 Å². The highest BCUT2D eigenvalue weighted by Crippen LogP contribution is 2.24. The van der Waals surface area contributed by atoms with Crippen LogP contribution in [0.15, 0.2) is 30.3 Å². The summed E-state index contributed by atoms with van der Waals surface area (Å²) in [5.41, 5.74) is 0.353. The van der Waals surface area contributed by atoms with Crippen molar-refractivity contribution < 1.29 is 13.2 Å². The van der Waals surface area contributed by atoms with Crippen LogP contribution in [0.2, 0.25) is 0 Å². The molecule has 0 amide bonds. The van der Waals surface area contributed by atoms with Crippen molar-refractivity contribution in [2.45, 2.75) is 25.1 Å². The molecule has 0 aliphatic carbocycles. The minimum Gasteiger partial charge on any atom is -0.378 e. The number of ether oxygens (including phenoxy) is 1. The van der Waals surface area contributed by atoms with Crippen LogP contribution >= 0.6 is 0 Å². The molecule has 1 aromatic rings. The maximum Gasteiger partial charge on any atom is 0.218 e. The molecule has 4 nitrogen and oxygen atoms in total. The lowest BCUT2D eigenvalue weighted by Gasteiger charge is -2.40. The summed E-state index contributed by atoms with van der Waals surface area (Å²) in [6.07, 6.45) is 0. The van der Waals surface area contributed by atoms with E-state index in [9.17, 15) is 8.42 Å². The van der Waals surface area contributed by atoms with E-state index < -0.39 is 15.6 Å². The third-order valence-electron chi connectivity index (χ3n) is 3.10. The van der Waals surface area contributed by atoms with Gasteiger partial charge in [-0.25, -0.2) is 8.42 Å². The van der Waals surface area contributed by atoms with E-state index in [4.69, 9.17) is 4.74 Å². The smallest absolute Gasteiger partial charge is 0.218 e. The molecule has 0 atom stereocenters. The molecule has 1 saturated heterocycles. The molecule has 0 bridgehead atoms. The first-order valence-corrected chi connectivity index (χ1v) is 7.65. The zero-order chi connectivity index (χ0) is 13.2. The Morgan fingerprint density at radius 2 is 1.94 bits per heavy atom. The van der Waals surface area contributed by atoms with Gasteiger partial charge in [0.15, 0.2) is 0 Å². The van der Waals surface area contributed by atoms with Crippen LogP contribution < -0.4 is 0 Å². The Morgan fingerprint density at radius 3 is 2.56 bits per heavy atom. The van der Waals surface area contributed by atoms with Gasteiger partial charge in [-0.3, -0.25) is 0 Å². The maximum atomic E-state index is 12.4. The molecule has 1 heterocycles. The molecule has 0 N–H and O–H groups in total. The lowest BCUT2D eigenvalue weighted by Crippen LogP contribution is -2.55. The van der Waals surface area contributed by atoms with Gasteiger partial charge in [0.2, 0.25) is 10.0 Å². The van der Waals surface area contributed by atoms with Crippen LogP contribution in [-0.2, 0) is 20.5 Å². The molecule has 18 heavy (non-hydrogen) atoms. The van der Waals surface area contributed by atoms with Crippen LogP contribution in [-0.4, -0.2) is 38.0 Å². The number of sulfonamides is 1. The van der Waals surface area contributed by atoms with Gasteiger partial charge in [0.25, 0.3) is 0 Å². The highest BCUT2D eigenvalue weighted by molar-refractivity contribution is 7.88. The molecule has 0 radical (unpaired) electrons. The summed E-state index contributed by atoms with van der Waals surface area (Å²) in [5, 5.41) is 0. The molecular weight excluding hydrogens is 250 g/mol. The Bertz CT molecular complexity index is 496. The van der Waals surface area contributed by atoms with E-state index in [2.05, 4.69) is 0 Å². The molecule has 1 fully saturated rings. The predicted molar refractivity (Wildman–Crippen MR) is 70.7 cm³/mol. The van der Waals surface area contributed by atoms with Gasteiger partial charge in [-0.1, -0.05) is 30.3 Å².